The molecular weight excluding hydrogens is 290 g/mol. The second-order valence-electron chi connectivity index (χ2n) is 4.45. The van der Waals surface area contributed by atoms with Gasteiger partial charge in [0.25, 0.3) is 0 Å². The molecule has 0 fully saturated rings. The molecule has 6 nitrogen and oxygen atoms in total. The summed E-state index contributed by atoms with van der Waals surface area (Å²) in [7, 11) is 1.62. The van der Waals surface area contributed by atoms with Crippen LogP contribution < -0.4 is 15.4 Å². The average molecular weight is 307 g/mol. The minimum absolute atomic E-state index is 0.109. The topological polar surface area (TPSA) is 83.5 Å². The number of nitrogens with zero attached hydrogens (tertiary/aromatic N) is 1. The van der Waals surface area contributed by atoms with Gasteiger partial charge >= 0.3 is 6.03 Å². The maximum atomic E-state index is 11.6. The lowest BCUT2D eigenvalue weighted by Gasteiger charge is -2.10. The highest BCUT2D eigenvalue weighted by Crippen LogP contribution is 2.26. The number of nitrogens with one attached hydrogen (secondary N) is 2. The van der Waals surface area contributed by atoms with E-state index >= 15 is 0 Å². The highest BCUT2D eigenvalue weighted by atomic mass is 32.1. The van der Waals surface area contributed by atoms with Gasteiger partial charge in [0.05, 0.1) is 25.5 Å². The van der Waals surface area contributed by atoms with E-state index in [9.17, 15) is 4.79 Å². The minimum Gasteiger partial charge on any atom is -0.497 e. The first-order chi connectivity index (χ1) is 10.1. The number of hydrogen-bond donors (Lipinski definition) is 3. The Balaban J connectivity index is 2.02. The molecule has 2 aromatic rings. The van der Waals surface area contributed by atoms with Gasteiger partial charge in [-0.2, -0.15) is 0 Å². The van der Waals surface area contributed by atoms with Crippen molar-refractivity contribution in [2.24, 2.45) is 0 Å². The van der Waals surface area contributed by atoms with Gasteiger partial charge in [-0.3, -0.25) is 5.32 Å². The molecule has 0 unspecified atom stereocenters. The van der Waals surface area contributed by atoms with Crippen LogP contribution in [0.5, 0.6) is 5.75 Å². The fourth-order valence-electron chi connectivity index (χ4n) is 1.63. The number of amides is 2. The number of aliphatic hydroxyl groups is 1. The highest BCUT2D eigenvalue weighted by Gasteiger charge is 2.10. The van der Waals surface area contributed by atoms with Crippen LogP contribution in [0, 0.1) is 0 Å². The monoisotopic (exact) mass is 307 g/mol. The quantitative estimate of drug-likeness (QED) is 0.791. The van der Waals surface area contributed by atoms with Crippen molar-refractivity contribution in [3.63, 3.8) is 0 Å². The molecule has 3 N–H and O–H groups in total. The van der Waals surface area contributed by atoms with Crippen molar-refractivity contribution in [2.45, 2.75) is 13.0 Å². The predicted molar refractivity (Wildman–Crippen MR) is 82.8 cm³/mol. The van der Waals surface area contributed by atoms with Crippen LogP contribution in [0.2, 0.25) is 0 Å². The first kappa shape index (κ1) is 15.3. The first-order valence-electron chi connectivity index (χ1n) is 6.40. The molecular formula is C14H17N3O3S. The summed E-state index contributed by atoms with van der Waals surface area (Å²) in [6.45, 7) is 1.60. The van der Waals surface area contributed by atoms with Gasteiger partial charge in [-0.25, -0.2) is 9.78 Å². The number of methoxy groups -OCH3 is 1. The Bertz CT molecular complexity index is 598. The molecule has 1 heterocycles. The molecule has 21 heavy (non-hydrogen) atoms. The molecule has 2 amide bonds. The van der Waals surface area contributed by atoms with Crippen LogP contribution in [-0.4, -0.2) is 35.9 Å². The van der Waals surface area contributed by atoms with Crippen molar-refractivity contribution < 1.29 is 14.6 Å². The van der Waals surface area contributed by atoms with E-state index in [0.717, 1.165) is 17.0 Å². The summed E-state index contributed by atoms with van der Waals surface area (Å²) in [5.41, 5.74) is 1.73. The van der Waals surface area contributed by atoms with Gasteiger partial charge in [0.2, 0.25) is 0 Å². The third-order valence-corrected chi connectivity index (χ3v) is 3.52. The van der Waals surface area contributed by atoms with Gasteiger partial charge < -0.3 is 15.2 Å². The Labute approximate surface area is 126 Å². The summed E-state index contributed by atoms with van der Waals surface area (Å²) in [5.74, 6) is 0.782. The van der Waals surface area contributed by atoms with Gasteiger partial charge in [-0.15, -0.1) is 11.3 Å². The molecule has 112 valence electrons. The predicted octanol–water partition coefficient (Wildman–Crippen LogP) is 2.32. The van der Waals surface area contributed by atoms with Crippen LogP contribution in [0.15, 0.2) is 29.6 Å². The first-order valence-corrected chi connectivity index (χ1v) is 7.28. The molecule has 0 spiro atoms. The molecule has 0 saturated heterocycles. The van der Waals surface area contributed by atoms with Gasteiger partial charge in [0, 0.05) is 10.9 Å². The standard InChI is InChI=1S/C14H17N3O3S/c1-9(7-18)15-13(19)17-14-16-12(8-21-14)10-3-5-11(20-2)6-4-10/h3-6,8-9,18H,7H2,1-2H3,(H2,15,16,17,19)/t9-/m0/s1. The number of ether oxygens (including phenoxy) is 1. The van der Waals surface area contributed by atoms with E-state index in [1.807, 2.05) is 29.6 Å². The number of anilines is 1. The molecule has 0 radical (unpaired) electrons. The molecule has 1 aromatic heterocycles. The normalized spacial score (nSPS) is 11.8. The van der Waals surface area contributed by atoms with E-state index in [1.165, 1.54) is 11.3 Å². The largest absolute Gasteiger partial charge is 0.497 e. The molecule has 7 heteroatoms. The molecule has 0 aliphatic carbocycles. The van der Waals surface area contributed by atoms with E-state index in [0.29, 0.717) is 5.13 Å². The second kappa shape index (κ2) is 7.05. The van der Waals surface area contributed by atoms with Gasteiger partial charge in [-0.1, -0.05) is 0 Å². The zero-order valence-electron chi connectivity index (χ0n) is 11.8. The van der Waals surface area contributed by atoms with Crippen molar-refractivity contribution in [3.8, 4) is 17.0 Å². The Morgan fingerprint density at radius 3 is 2.76 bits per heavy atom. The number of benzene rings is 1. The summed E-state index contributed by atoms with van der Waals surface area (Å²) in [6.07, 6.45) is 0. The lowest BCUT2D eigenvalue weighted by atomic mass is 10.2. The lowest BCUT2D eigenvalue weighted by Crippen LogP contribution is -2.38. The summed E-state index contributed by atoms with van der Waals surface area (Å²) >= 11 is 1.34. The fraction of sp³-hybridized carbons (Fsp3) is 0.286. The van der Waals surface area contributed by atoms with E-state index in [4.69, 9.17) is 9.84 Å². The Kier molecular flexibility index (Phi) is 5.13. The fourth-order valence-corrected chi connectivity index (χ4v) is 2.34. The van der Waals surface area contributed by atoms with E-state index in [-0.39, 0.29) is 18.7 Å². The molecule has 0 aliphatic heterocycles. The van der Waals surface area contributed by atoms with Crippen molar-refractivity contribution in [1.29, 1.82) is 0 Å². The number of aromatic nitrogens is 1. The number of aliphatic hydroxyl groups excluding tert-OH is 1. The summed E-state index contributed by atoms with van der Waals surface area (Å²) in [4.78, 5) is 16.0. The van der Waals surface area contributed by atoms with Crippen LogP contribution in [0.4, 0.5) is 9.93 Å². The molecule has 0 aliphatic rings. The number of thiazole rings is 1. The molecule has 1 atom stereocenters. The number of rotatable bonds is 5. The number of hydrogen-bond acceptors (Lipinski definition) is 5. The summed E-state index contributed by atoms with van der Waals surface area (Å²) < 4.78 is 5.11. The van der Waals surface area contributed by atoms with Crippen LogP contribution in [-0.2, 0) is 0 Å². The zero-order chi connectivity index (χ0) is 15.2. The van der Waals surface area contributed by atoms with Crippen LogP contribution in [0.1, 0.15) is 6.92 Å². The van der Waals surface area contributed by atoms with Crippen molar-refractivity contribution in [2.75, 3.05) is 19.0 Å². The third-order valence-electron chi connectivity index (χ3n) is 2.76. The number of urea groups is 1. The Morgan fingerprint density at radius 1 is 1.43 bits per heavy atom. The van der Waals surface area contributed by atoms with E-state index < -0.39 is 0 Å². The maximum Gasteiger partial charge on any atom is 0.321 e. The van der Waals surface area contributed by atoms with Gasteiger partial charge in [-0.05, 0) is 31.2 Å². The summed E-state index contributed by atoms with van der Waals surface area (Å²) in [6, 6.07) is 6.85. The highest BCUT2D eigenvalue weighted by molar-refractivity contribution is 7.14. The van der Waals surface area contributed by atoms with Crippen molar-refractivity contribution >= 4 is 22.5 Å². The Morgan fingerprint density at radius 2 is 2.14 bits per heavy atom. The zero-order valence-corrected chi connectivity index (χ0v) is 12.6. The SMILES string of the molecule is COc1ccc(-c2csc(NC(=O)N[C@@H](C)CO)n2)cc1. The van der Waals surface area contributed by atoms with E-state index in [1.54, 1.807) is 14.0 Å². The minimum atomic E-state index is -0.382. The van der Waals surface area contributed by atoms with Gasteiger partial charge in [0.1, 0.15) is 5.75 Å². The molecule has 1 aromatic carbocycles. The van der Waals surface area contributed by atoms with Crippen LogP contribution >= 0.6 is 11.3 Å². The maximum absolute atomic E-state index is 11.6. The van der Waals surface area contributed by atoms with Crippen molar-refractivity contribution in [3.05, 3.63) is 29.6 Å². The molecule has 2 rings (SSSR count). The van der Waals surface area contributed by atoms with Gasteiger partial charge in [0.15, 0.2) is 5.13 Å². The second-order valence-corrected chi connectivity index (χ2v) is 5.31. The number of carbonyl (C=O) groups is 1. The Hall–Kier alpha value is -2.12. The van der Waals surface area contributed by atoms with Crippen LogP contribution in [0.25, 0.3) is 11.3 Å². The smallest absolute Gasteiger partial charge is 0.321 e. The summed E-state index contributed by atoms with van der Waals surface area (Å²) in [5, 5.41) is 16.5. The third kappa shape index (κ3) is 4.17. The van der Waals surface area contributed by atoms with E-state index in [2.05, 4.69) is 15.6 Å². The lowest BCUT2D eigenvalue weighted by molar-refractivity contribution is 0.229. The number of carbonyl (C=O) groups excluding carboxylic acids is 1. The van der Waals surface area contributed by atoms with Crippen LogP contribution in [0.3, 0.4) is 0 Å². The average Bonchev–Trinajstić information content (AvgIpc) is 2.95. The molecule has 0 bridgehead atoms. The van der Waals surface area contributed by atoms with Crippen molar-refractivity contribution in [1.82, 2.24) is 10.3 Å². The molecule has 0 saturated carbocycles.